The molecular formula is C9H19N5. The van der Waals surface area contributed by atoms with Crippen LogP contribution in [0.1, 0.15) is 38.9 Å². The lowest BCUT2D eigenvalue weighted by Crippen LogP contribution is -2.17. The smallest absolute Gasteiger partial charge is 0.165 e. The molecule has 5 nitrogen and oxygen atoms in total. The van der Waals surface area contributed by atoms with Gasteiger partial charge in [0.2, 0.25) is 0 Å². The third-order valence-corrected chi connectivity index (χ3v) is 2.11. The Kier molecular flexibility index (Phi) is 5.14. The van der Waals surface area contributed by atoms with Crippen LogP contribution in [-0.4, -0.2) is 26.8 Å². The SMILES string of the molecule is CCCCCn1nnnc1CNCC. The molecule has 0 aliphatic rings. The predicted octanol–water partition coefficient (Wildman–Crippen LogP) is 0.973. The standard InChI is InChI=1S/C9H19N5/c1-3-5-6-7-14-9(8-10-4-2)11-12-13-14/h10H,3-8H2,1-2H3. The maximum absolute atomic E-state index is 3.97. The summed E-state index contributed by atoms with van der Waals surface area (Å²) in [5.74, 6) is 0.933. The zero-order chi connectivity index (χ0) is 10.2. The van der Waals surface area contributed by atoms with E-state index in [1.54, 1.807) is 0 Å². The predicted molar refractivity (Wildman–Crippen MR) is 54.7 cm³/mol. The average Bonchev–Trinajstić information content (AvgIpc) is 2.63. The van der Waals surface area contributed by atoms with Gasteiger partial charge >= 0.3 is 0 Å². The minimum Gasteiger partial charge on any atom is -0.310 e. The molecule has 1 rings (SSSR count). The second kappa shape index (κ2) is 6.48. The molecule has 0 bridgehead atoms. The van der Waals surface area contributed by atoms with Crippen molar-refractivity contribution in [2.75, 3.05) is 6.54 Å². The van der Waals surface area contributed by atoms with Crippen molar-refractivity contribution in [2.45, 2.75) is 46.2 Å². The van der Waals surface area contributed by atoms with Crippen molar-refractivity contribution in [1.29, 1.82) is 0 Å². The Bertz CT molecular complexity index is 245. The summed E-state index contributed by atoms with van der Waals surface area (Å²) in [4.78, 5) is 0. The number of hydrogen-bond acceptors (Lipinski definition) is 4. The number of nitrogens with zero attached hydrogens (tertiary/aromatic N) is 4. The molecule has 5 heteroatoms. The molecule has 0 aliphatic heterocycles. The Morgan fingerprint density at radius 2 is 2.14 bits per heavy atom. The van der Waals surface area contributed by atoms with E-state index < -0.39 is 0 Å². The summed E-state index contributed by atoms with van der Waals surface area (Å²) in [6.07, 6.45) is 3.62. The third-order valence-electron chi connectivity index (χ3n) is 2.11. The molecule has 1 N–H and O–H groups in total. The quantitative estimate of drug-likeness (QED) is 0.662. The number of hydrogen-bond donors (Lipinski definition) is 1. The first-order valence-electron chi connectivity index (χ1n) is 5.34. The highest BCUT2D eigenvalue weighted by molar-refractivity contribution is 4.79. The Labute approximate surface area is 84.9 Å². The van der Waals surface area contributed by atoms with E-state index in [4.69, 9.17) is 0 Å². The van der Waals surface area contributed by atoms with Gasteiger partial charge < -0.3 is 5.32 Å². The van der Waals surface area contributed by atoms with Crippen LogP contribution >= 0.6 is 0 Å². The summed E-state index contributed by atoms with van der Waals surface area (Å²) in [6.45, 7) is 6.91. The first kappa shape index (κ1) is 11.1. The number of unbranched alkanes of at least 4 members (excludes halogenated alkanes) is 2. The highest BCUT2D eigenvalue weighted by Crippen LogP contribution is 1.99. The summed E-state index contributed by atoms with van der Waals surface area (Å²) in [5.41, 5.74) is 0. The minimum atomic E-state index is 0.760. The van der Waals surface area contributed by atoms with E-state index in [2.05, 4.69) is 34.7 Å². The molecule has 0 saturated heterocycles. The molecule has 80 valence electrons. The number of rotatable bonds is 7. The molecular weight excluding hydrogens is 178 g/mol. The van der Waals surface area contributed by atoms with Crippen LogP contribution in [0.3, 0.4) is 0 Å². The van der Waals surface area contributed by atoms with Gasteiger partial charge in [0, 0.05) is 6.54 Å². The van der Waals surface area contributed by atoms with Crippen LogP contribution in [0.4, 0.5) is 0 Å². The van der Waals surface area contributed by atoms with Gasteiger partial charge in [0.25, 0.3) is 0 Å². The van der Waals surface area contributed by atoms with E-state index in [1.165, 1.54) is 12.8 Å². The lowest BCUT2D eigenvalue weighted by atomic mass is 10.2. The van der Waals surface area contributed by atoms with Gasteiger partial charge in [-0.3, -0.25) is 0 Å². The van der Waals surface area contributed by atoms with Crippen LogP contribution in [0.5, 0.6) is 0 Å². The summed E-state index contributed by atoms with van der Waals surface area (Å²) in [6, 6.07) is 0. The van der Waals surface area contributed by atoms with Crippen LogP contribution in [0.15, 0.2) is 0 Å². The van der Waals surface area contributed by atoms with Crippen molar-refractivity contribution in [3.63, 3.8) is 0 Å². The van der Waals surface area contributed by atoms with Gasteiger partial charge in [-0.05, 0) is 23.4 Å². The molecule has 0 unspecified atom stereocenters. The molecule has 1 heterocycles. The number of aryl methyl sites for hydroxylation is 1. The van der Waals surface area contributed by atoms with Crippen molar-refractivity contribution in [3.8, 4) is 0 Å². The van der Waals surface area contributed by atoms with Gasteiger partial charge in [-0.15, -0.1) is 5.10 Å². The molecule has 0 atom stereocenters. The lowest BCUT2D eigenvalue weighted by molar-refractivity contribution is 0.509. The molecule has 1 aromatic heterocycles. The van der Waals surface area contributed by atoms with Crippen LogP contribution in [0.2, 0.25) is 0 Å². The first-order valence-corrected chi connectivity index (χ1v) is 5.34. The van der Waals surface area contributed by atoms with Crippen LogP contribution in [0, 0.1) is 0 Å². The molecule has 0 saturated carbocycles. The van der Waals surface area contributed by atoms with E-state index >= 15 is 0 Å². The van der Waals surface area contributed by atoms with Crippen LogP contribution < -0.4 is 5.32 Å². The zero-order valence-electron chi connectivity index (χ0n) is 9.03. The highest BCUT2D eigenvalue weighted by Gasteiger charge is 2.03. The Balaban J connectivity index is 2.37. The van der Waals surface area contributed by atoms with E-state index in [-0.39, 0.29) is 0 Å². The third kappa shape index (κ3) is 3.41. The fraction of sp³-hybridized carbons (Fsp3) is 0.889. The van der Waals surface area contributed by atoms with E-state index in [9.17, 15) is 0 Å². The Morgan fingerprint density at radius 1 is 1.29 bits per heavy atom. The molecule has 0 radical (unpaired) electrons. The van der Waals surface area contributed by atoms with E-state index in [1.807, 2.05) is 4.68 Å². The lowest BCUT2D eigenvalue weighted by Gasteiger charge is -2.03. The largest absolute Gasteiger partial charge is 0.310 e. The molecule has 0 amide bonds. The average molecular weight is 197 g/mol. The van der Waals surface area contributed by atoms with Crippen molar-refractivity contribution < 1.29 is 0 Å². The fourth-order valence-corrected chi connectivity index (χ4v) is 1.27. The fourth-order valence-electron chi connectivity index (χ4n) is 1.27. The molecule has 0 spiro atoms. The molecule has 0 aromatic carbocycles. The molecule has 14 heavy (non-hydrogen) atoms. The summed E-state index contributed by atoms with van der Waals surface area (Å²) >= 11 is 0. The van der Waals surface area contributed by atoms with Crippen molar-refractivity contribution >= 4 is 0 Å². The van der Waals surface area contributed by atoms with Gasteiger partial charge in [0.15, 0.2) is 5.82 Å². The van der Waals surface area contributed by atoms with Crippen molar-refractivity contribution in [2.24, 2.45) is 0 Å². The minimum absolute atomic E-state index is 0.760. The van der Waals surface area contributed by atoms with Gasteiger partial charge in [-0.25, -0.2) is 4.68 Å². The number of tetrazole rings is 1. The normalized spacial score (nSPS) is 10.7. The summed E-state index contributed by atoms with van der Waals surface area (Å²) in [7, 11) is 0. The summed E-state index contributed by atoms with van der Waals surface area (Å²) in [5, 5.41) is 14.8. The number of aromatic nitrogens is 4. The topological polar surface area (TPSA) is 55.6 Å². The first-order chi connectivity index (χ1) is 6.88. The molecule has 1 aromatic rings. The van der Waals surface area contributed by atoms with Gasteiger partial charge in [-0.2, -0.15) is 0 Å². The van der Waals surface area contributed by atoms with Crippen LogP contribution in [0.25, 0.3) is 0 Å². The zero-order valence-corrected chi connectivity index (χ0v) is 9.03. The second-order valence-electron chi connectivity index (χ2n) is 3.31. The number of nitrogens with one attached hydrogen (secondary N) is 1. The maximum atomic E-state index is 3.97. The van der Waals surface area contributed by atoms with E-state index in [0.29, 0.717) is 0 Å². The van der Waals surface area contributed by atoms with Gasteiger partial charge in [-0.1, -0.05) is 26.7 Å². The van der Waals surface area contributed by atoms with Gasteiger partial charge in [0.05, 0.1) is 6.54 Å². The molecule has 0 aliphatic carbocycles. The van der Waals surface area contributed by atoms with Crippen molar-refractivity contribution in [3.05, 3.63) is 5.82 Å². The van der Waals surface area contributed by atoms with Gasteiger partial charge in [0.1, 0.15) is 0 Å². The van der Waals surface area contributed by atoms with Crippen molar-refractivity contribution in [1.82, 2.24) is 25.5 Å². The molecule has 0 fully saturated rings. The second-order valence-corrected chi connectivity index (χ2v) is 3.31. The Morgan fingerprint density at radius 3 is 2.86 bits per heavy atom. The van der Waals surface area contributed by atoms with E-state index in [0.717, 1.165) is 31.9 Å². The van der Waals surface area contributed by atoms with Crippen LogP contribution in [-0.2, 0) is 13.1 Å². The monoisotopic (exact) mass is 197 g/mol. The Hall–Kier alpha value is -0.970. The maximum Gasteiger partial charge on any atom is 0.165 e. The summed E-state index contributed by atoms with van der Waals surface area (Å²) < 4.78 is 1.89. The highest BCUT2D eigenvalue weighted by atomic mass is 15.5.